The summed E-state index contributed by atoms with van der Waals surface area (Å²) in [7, 11) is 1.86. The minimum atomic E-state index is -1.39. The van der Waals surface area contributed by atoms with Gasteiger partial charge in [0, 0.05) is 54.9 Å². The Labute approximate surface area is 254 Å². The van der Waals surface area contributed by atoms with Crippen LogP contribution in [0.25, 0.3) is 55.8 Å². The van der Waals surface area contributed by atoms with Crippen LogP contribution in [0.15, 0.2) is 77.2 Å². The molecule has 3 aromatic heterocycles. The summed E-state index contributed by atoms with van der Waals surface area (Å²) in [6.07, 6.45) is 3.27. The van der Waals surface area contributed by atoms with E-state index in [1.165, 1.54) is 25.2 Å². The molecule has 0 bridgehead atoms. The van der Waals surface area contributed by atoms with E-state index in [1.54, 1.807) is 41.9 Å². The lowest BCUT2D eigenvalue weighted by Crippen LogP contribution is -2.20. The number of halogens is 2. The molecule has 0 saturated heterocycles. The van der Waals surface area contributed by atoms with Crippen LogP contribution in [0, 0.1) is 11.6 Å². The van der Waals surface area contributed by atoms with Crippen LogP contribution in [0.4, 0.5) is 14.5 Å². The summed E-state index contributed by atoms with van der Waals surface area (Å²) < 4.78 is 51.3. The largest absolute Gasteiger partial charge is 0.455 e. The van der Waals surface area contributed by atoms with Gasteiger partial charge in [0.1, 0.15) is 34.0 Å². The number of carbonyl (C=O) groups excluding carboxylic acids is 1. The van der Waals surface area contributed by atoms with Crippen molar-refractivity contribution in [2.24, 2.45) is 0 Å². The molecule has 1 unspecified atom stereocenters. The van der Waals surface area contributed by atoms with E-state index in [4.69, 9.17) is 9.40 Å². The summed E-state index contributed by atoms with van der Waals surface area (Å²) in [6.45, 7) is 0.736. The first-order chi connectivity index (χ1) is 21.2. The molecule has 7 nitrogen and oxygen atoms in total. The zero-order chi connectivity index (χ0) is 30.7. The molecule has 6 aromatic rings. The molecule has 10 heteroatoms. The Morgan fingerprint density at radius 1 is 1.05 bits per heavy atom. The van der Waals surface area contributed by atoms with Gasteiger partial charge >= 0.3 is 0 Å². The molecule has 1 atom stereocenters. The van der Waals surface area contributed by atoms with Crippen molar-refractivity contribution >= 4 is 44.5 Å². The fraction of sp³-hybridized carbons (Fsp3) is 0.176. The summed E-state index contributed by atoms with van der Waals surface area (Å²) in [4.78, 5) is 18.4. The number of rotatable bonds is 5. The molecule has 3 aromatic carbocycles. The van der Waals surface area contributed by atoms with Gasteiger partial charge in [-0.1, -0.05) is 12.1 Å². The molecule has 1 N–H and O–H groups in total. The van der Waals surface area contributed by atoms with Gasteiger partial charge in [-0.05, 0) is 73.0 Å². The smallest absolute Gasteiger partial charge is 0.255 e. The molecular weight excluding hydrogens is 582 g/mol. The minimum Gasteiger partial charge on any atom is -0.455 e. The van der Waals surface area contributed by atoms with Crippen molar-refractivity contribution < 1.29 is 22.2 Å². The number of hydrogen-bond donors (Lipinski definition) is 1. The minimum absolute atomic E-state index is 0.279. The SMILES string of the molecule is CNC(=O)c1c(-c2ccc(F)cc2)oc2cc(N(C)S(C)=O)c(-c3ccc4c(n3)-c3cc5c(F)cccc5n3CCC4)cc12. The number of pyridine rings is 1. The number of furan rings is 1. The molecule has 0 aliphatic carbocycles. The molecule has 1 amide bonds. The van der Waals surface area contributed by atoms with E-state index in [-0.39, 0.29) is 11.7 Å². The van der Waals surface area contributed by atoms with Crippen LogP contribution in [0.1, 0.15) is 22.3 Å². The molecule has 0 saturated carbocycles. The van der Waals surface area contributed by atoms with Gasteiger partial charge in [-0.2, -0.15) is 0 Å². The summed E-state index contributed by atoms with van der Waals surface area (Å²) in [5.41, 5.74) is 6.56. The average Bonchev–Trinajstić information content (AvgIpc) is 3.53. The molecule has 1 aliphatic rings. The van der Waals surface area contributed by atoms with E-state index < -0.39 is 16.8 Å². The van der Waals surface area contributed by atoms with Gasteiger partial charge in [0.2, 0.25) is 0 Å². The second-order valence-electron chi connectivity index (χ2n) is 10.8. The Hall–Kier alpha value is -4.83. The lowest BCUT2D eigenvalue weighted by molar-refractivity contribution is 0.0964. The van der Waals surface area contributed by atoms with Gasteiger partial charge in [0.15, 0.2) is 0 Å². The number of aryl methyl sites for hydroxylation is 2. The molecule has 1 aliphatic heterocycles. The maximum absolute atomic E-state index is 14.8. The highest BCUT2D eigenvalue weighted by Gasteiger charge is 2.26. The van der Waals surface area contributed by atoms with Crippen LogP contribution in [-0.2, 0) is 24.0 Å². The van der Waals surface area contributed by atoms with E-state index in [2.05, 4.69) is 9.88 Å². The predicted octanol–water partition coefficient (Wildman–Crippen LogP) is 7.10. The lowest BCUT2D eigenvalue weighted by Gasteiger charge is -2.20. The third-order valence-corrected chi connectivity index (χ3v) is 9.28. The van der Waals surface area contributed by atoms with Gasteiger partial charge in [-0.25, -0.2) is 18.0 Å². The van der Waals surface area contributed by atoms with Crippen LogP contribution in [0.2, 0.25) is 0 Å². The third-order valence-electron chi connectivity index (χ3n) is 8.31. The van der Waals surface area contributed by atoms with E-state index in [0.717, 1.165) is 41.9 Å². The number of hydrogen-bond acceptors (Lipinski definition) is 4. The summed E-state index contributed by atoms with van der Waals surface area (Å²) in [5, 5.41) is 3.77. The fourth-order valence-electron chi connectivity index (χ4n) is 6.07. The van der Waals surface area contributed by atoms with Crippen LogP contribution < -0.4 is 9.62 Å². The fourth-order valence-corrected chi connectivity index (χ4v) is 6.49. The van der Waals surface area contributed by atoms with E-state index >= 15 is 0 Å². The van der Waals surface area contributed by atoms with Gasteiger partial charge in [0.25, 0.3) is 5.91 Å². The quantitative estimate of drug-likeness (QED) is 0.226. The van der Waals surface area contributed by atoms with E-state index in [1.807, 2.05) is 30.3 Å². The van der Waals surface area contributed by atoms with Crippen molar-refractivity contribution in [3.8, 4) is 34.0 Å². The van der Waals surface area contributed by atoms with E-state index in [0.29, 0.717) is 50.2 Å². The number of anilines is 1. The second-order valence-corrected chi connectivity index (χ2v) is 12.2. The maximum Gasteiger partial charge on any atom is 0.255 e. The van der Waals surface area contributed by atoms with E-state index in [9.17, 15) is 17.8 Å². The first-order valence-electron chi connectivity index (χ1n) is 14.2. The molecule has 0 spiro atoms. The van der Waals surface area contributed by atoms with Crippen LogP contribution in [-0.4, -0.2) is 40.0 Å². The number of nitrogens with zero attached hydrogens (tertiary/aromatic N) is 3. The Morgan fingerprint density at radius 3 is 2.59 bits per heavy atom. The molecule has 44 heavy (non-hydrogen) atoms. The topological polar surface area (TPSA) is 80.4 Å². The number of amides is 1. The van der Waals surface area contributed by atoms with Gasteiger partial charge in [0.05, 0.1) is 33.8 Å². The highest BCUT2D eigenvalue weighted by atomic mass is 32.2. The van der Waals surface area contributed by atoms with Crippen molar-refractivity contribution in [2.45, 2.75) is 19.4 Å². The first kappa shape index (κ1) is 28.0. The zero-order valence-corrected chi connectivity index (χ0v) is 25.1. The number of aromatic nitrogens is 2. The maximum atomic E-state index is 14.8. The molecule has 0 fully saturated rings. The predicted molar refractivity (Wildman–Crippen MR) is 170 cm³/mol. The van der Waals surface area contributed by atoms with Gasteiger partial charge in [-0.3, -0.25) is 9.10 Å². The first-order valence-corrected chi connectivity index (χ1v) is 15.7. The Morgan fingerprint density at radius 2 is 1.84 bits per heavy atom. The van der Waals surface area contributed by atoms with Crippen molar-refractivity contribution in [3.05, 3.63) is 95.6 Å². The Bertz CT molecular complexity index is 2140. The number of benzene rings is 3. The average molecular weight is 611 g/mol. The molecule has 222 valence electrons. The van der Waals surface area contributed by atoms with Crippen molar-refractivity contribution in [1.29, 1.82) is 0 Å². The van der Waals surface area contributed by atoms with Crippen molar-refractivity contribution in [2.75, 3.05) is 24.7 Å². The number of carbonyl (C=O) groups is 1. The van der Waals surface area contributed by atoms with Crippen LogP contribution in [0.3, 0.4) is 0 Å². The highest BCUT2D eigenvalue weighted by Crippen LogP contribution is 2.42. The summed E-state index contributed by atoms with van der Waals surface area (Å²) in [5.74, 6) is -0.752. The Kier molecular flexibility index (Phi) is 6.81. The van der Waals surface area contributed by atoms with Crippen molar-refractivity contribution in [3.63, 3.8) is 0 Å². The summed E-state index contributed by atoms with van der Waals surface area (Å²) in [6, 6.07) is 20.3. The van der Waals surface area contributed by atoms with Gasteiger partial charge in [-0.15, -0.1) is 0 Å². The highest BCUT2D eigenvalue weighted by molar-refractivity contribution is 7.85. The standard InChI is InChI=1S/C34H28F2N4O3S/c1-37-34(41)31-24-16-23(28(39(2)44(3)42)18-30(24)43-33(31)20-9-12-21(35)13-10-20)26-14-11-19-6-5-15-40-27-8-4-7-25(36)22(27)17-29(40)32(19)38-26/h4,7-14,16-18H,5-6,15H2,1-3H3,(H,37,41). The lowest BCUT2D eigenvalue weighted by atomic mass is 9.99. The molecule has 4 heterocycles. The molecule has 7 rings (SSSR count). The summed E-state index contributed by atoms with van der Waals surface area (Å²) >= 11 is 0. The monoisotopic (exact) mass is 610 g/mol. The van der Waals surface area contributed by atoms with Crippen LogP contribution in [0.5, 0.6) is 0 Å². The zero-order valence-electron chi connectivity index (χ0n) is 24.3. The van der Waals surface area contributed by atoms with Gasteiger partial charge < -0.3 is 14.3 Å². The second kappa shape index (κ2) is 10.7. The number of fused-ring (bicyclic) bond motifs is 6. The molecular formula is C34H28F2N4O3S. The van der Waals surface area contributed by atoms with Crippen LogP contribution >= 0.6 is 0 Å². The number of nitrogens with one attached hydrogen (secondary N) is 1. The molecule has 0 radical (unpaired) electrons. The normalized spacial score (nSPS) is 13.4. The third kappa shape index (κ3) is 4.48. The Balaban J connectivity index is 1.49. The van der Waals surface area contributed by atoms with Crippen molar-refractivity contribution in [1.82, 2.24) is 14.9 Å².